The van der Waals surface area contributed by atoms with E-state index in [1.165, 1.54) is 16.4 Å². The molecule has 1 saturated heterocycles. The lowest BCUT2D eigenvalue weighted by Crippen LogP contribution is -2.55. The number of likely N-dealkylation sites (N-methyl/N-ethyl adjacent to an activating group) is 1. The predicted molar refractivity (Wildman–Crippen MR) is 98.3 cm³/mol. The van der Waals surface area contributed by atoms with Crippen LogP contribution in [-0.2, 0) is 20.4 Å². The minimum absolute atomic E-state index is 0.0599. The Morgan fingerprint density at radius 2 is 1.96 bits per heavy atom. The van der Waals surface area contributed by atoms with Crippen LogP contribution in [0.2, 0.25) is 5.02 Å². The Morgan fingerprint density at radius 1 is 1.27 bits per heavy atom. The van der Waals surface area contributed by atoms with E-state index in [-0.39, 0.29) is 23.9 Å². The molecule has 7 nitrogen and oxygen atoms in total. The average molecular weight is 397 g/mol. The van der Waals surface area contributed by atoms with Gasteiger partial charge in [-0.25, -0.2) is 13.4 Å². The lowest BCUT2D eigenvalue weighted by Gasteiger charge is -2.42. The molecule has 2 aromatic rings. The Kier molecular flexibility index (Phi) is 5.09. The number of halogens is 1. The first-order valence-electron chi connectivity index (χ1n) is 8.23. The molecule has 0 saturated carbocycles. The van der Waals surface area contributed by atoms with Gasteiger partial charge in [-0.05, 0) is 31.0 Å². The van der Waals surface area contributed by atoms with Crippen LogP contribution >= 0.6 is 11.6 Å². The number of piperidine rings is 1. The number of hydrogen-bond acceptors (Lipinski definition) is 4. The van der Waals surface area contributed by atoms with Gasteiger partial charge in [0.1, 0.15) is 5.54 Å². The van der Waals surface area contributed by atoms with Crippen LogP contribution in [0.4, 0.5) is 0 Å². The lowest BCUT2D eigenvalue weighted by molar-refractivity contribution is -0.140. The highest BCUT2D eigenvalue weighted by Crippen LogP contribution is 2.34. The minimum atomic E-state index is -3.65. The number of rotatable bonds is 4. The SMILES string of the molecule is CN(C)C(=O)C1(n2ccnc2)CCN(S(=O)(=O)c2cccc(Cl)c2)CC1. The summed E-state index contributed by atoms with van der Waals surface area (Å²) >= 11 is 5.94. The Morgan fingerprint density at radius 3 is 2.50 bits per heavy atom. The lowest BCUT2D eigenvalue weighted by atomic mass is 9.86. The van der Waals surface area contributed by atoms with Crippen LogP contribution in [0.1, 0.15) is 12.8 Å². The Balaban J connectivity index is 1.88. The van der Waals surface area contributed by atoms with Gasteiger partial charge in [-0.15, -0.1) is 0 Å². The molecule has 1 fully saturated rings. The number of aromatic nitrogens is 2. The number of carbonyl (C=O) groups excluding carboxylic acids is 1. The van der Waals surface area contributed by atoms with E-state index in [4.69, 9.17) is 11.6 Å². The molecule has 0 N–H and O–H groups in total. The van der Waals surface area contributed by atoms with Crippen molar-refractivity contribution in [2.75, 3.05) is 27.2 Å². The monoisotopic (exact) mass is 396 g/mol. The third-order valence-corrected chi connectivity index (χ3v) is 6.92. The maximum Gasteiger partial charge on any atom is 0.248 e. The second-order valence-electron chi connectivity index (χ2n) is 6.56. The van der Waals surface area contributed by atoms with Gasteiger partial charge in [0.2, 0.25) is 15.9 Å². The van der Waals surface area contributed by atoms with Crippen molar-refractivity contribution < 1.29 is 13.2 Å². The summed E-state index contributed by atoms with van der Waals surface area (Å²) in [5.41, 5.74) is -0.819. The predicted octanol–water partition coefficient (Wildman–Crippen LogP) is 1.80. The Hall–Kier alpha value is -1.90. The highest BCUT2D eigenvalue weighted by molar-refractivity contribution is 7.89. The van der Waals surface area contributed by atoms with Crippen molar-refractivity contribution in [3.8, 4) is 0 Å². The smallest absolute Gasteiger partial charge is 0.248 e. The molecule has 1 aliphatic rings. The summed E-state index contributed by atoms with van der Waals surface area (Å²) in [5.74, 6) is -0.0599. The second-order valence-corrected chi connectivity index (χ2v) is 8.94. The van der Waals surface area contributed by atoms with Crippen LogP contribution in [0, 0.1) is 0 Å². The van der Waals surface area contributed by atoms with E-state index in [1.54, 1.807) is 54.4 Å². The van der Waals surface area contributed by atoms with Gasteiger partial charge in [-0.2, -0.15) is 4.31 Å². The van der Waals surface area contributed by atoms with Crippen molar-refractivity contribution in [2.45, 2.75) is 23.3 Å². The maximum absolute atomic E-state index is 12.9. The molecule has 0 radical (unpaired) electrons. The van der Waals surface area contributed by atoms with Crippen LogP contribution in [0.5, 0.6) is 0 Å². The summed E-state index contributed by atoms with van der Waals surface area (Å²) in [6.45, 7) is 0.485. The molecule has 1 amide bonds. The molecular weight excluding hydrogens is 376 g/mol. The van der Waals surface area contributed by atoms with Gasteiger partial charge >= 0.3 is 0 Å². The summed E-state index contributed by atoms with van der Waals surface area (Å²) in [6.07, 6.45) is 5.74. The van der Waals surface area contributed by atoms with Crippen LogP contribution in [0.25, 0.3) is 0 Å². The zero-order valence-corrected chi connectivity index (χ0v) is 16.2. The Labute approximate surface area is 158 Å². The van der Waals surface area contributed by atoms with Crippen molar-refractivity contribution >= 4 is 27.5 Å². The van der Waals surface area contributed by atoms with E-state index in [0.717, 1.165) is 0 Å². The first-order valence-corrected chi connectivity index (χ1v) is 10.0. The number of benzene rings is 1. The molecule has 1 aromatic carbocycles. The van der Waals surface area contributed by atoms with E-state index >= 15 is 0 Å². The molecule has 0 aliphatic carbocycles. The topological polar surface area (TPSA) is 75.5 Å². The fourth-order valence-electron chi connectivity index (χ4n) is 3.38. The molecule has 140 valence electrons. The quantitative estimate of drug-likeness (QED) is 0.789. The van der Waals surface area contributed by atoms with Gasteiger partial charge in [0.05, 0.1) is 11.2 Å². The fraction of sp³-hybridized carbons (Fsp3) is 0.412. The zero-order valence-electron chi connectivity index (χ0n) is 14.7. The third kappa shape index (κ3) is 3.24. The highest BCUT2D eigenvalue weighted by atomic mass is 35.5. The number of sulfonamides is 1. The molecule has 2 heterocycles. The largest absolute Gasteiger partial charge is 0.347 e. The molecule has 1 aliphatic heterocycles. The van der Waals surface area contributed by atoms with Gasteiger partial charge in [-0.3, -0.25) is 4.79 Å². The zero-order chi connectivity index (χ0) is 18.9. The molecule has 0 spiro atoms. The minimum Gasteiger partial charge on any atom is -0.347 e. The van der Waals surface area contributed by atoms with Gasteiger partial charge in [0.15, 0.2) is 0 Å². The molecule has 0 atom stereocenters. The van der Waals surface area contributed by atoms with Crippen molar-refractivity contribution in [1.82, 2.24) is 18.8 Å². The summed E-state index contributed by atoms with van der Waals surface area (Å²) in [4.78, 5) is 18.6. The number of hydrogen-bond donors (Lipinski definition) is 0. The fourth-order valence-corrected chi connectivity index (χ4v) is 5.13. The number of carbonyl (C=O) groups is 1. The van der Waals surface area contributed by atoms with E-state index in [2.05, 4.69) is 4.98 Å². The number of imidazole rings is 1. The molecule has 9 heteroatoms. The summed E-state index contributed by atoms with van der Waals surface area (Å²) in [6, 6.07) is 6.23. The van der Waals surface area contributed by atoms with Crippen LogP contribution < -0.4 is 0 Å². The van der Waals surface area contributed by atoms with E-state index in [1.807, 2.05) is 0 Å². The molecule has 26 heavy (non-hydrogen) atoms. The van der Waals surface area contributed by atoms with Crippen molar-refractivity contribution in [2.24, 2.45) is 0 Å². The first kappa shape index (κ1) is 18.9. The average Bonchev–Trinajstić information content (AvgIpc) is 3.16. The van der Waals surface area contributed by atoms with Gasteiger partial charge in [0, 0.05) is 44.6 Å². The highest BCUT2D eigenvalue weighted by Gasteiger charge is 2.45. The molecule has 1 aromatic heterocycles. The summed E-state index contributed by atoms with van der Waals surface area (Å²) < 4.78 is 29.0. The molecule has 3 rings (SSSR count). The summed E-state index contributed by atoms with van der Waals surface area (Å²) in [5, 5.41) is 0.374. The van der Waals surface area contributed by atoms with Gasteiger partial charge < -0.3 is 9.47 Å². The van der Waals surface area contributed by atoms with Crippen LogP contribution in [0.3, 0.4) is 0 Å². The van der Waals surface area contributed by atoms with Crippen molar-refractivity contribution in [3.63, 3.8) is 0 Å². The van der Waals surface area contributed by atoms with Crippen molar-refractivity contribution in [1.29, 1.82) is 0 Å². The second kappa shape index (κ2) is 7.02. The molecule has 0 bridgehead atoms. The van der Waals surface area contributed by atoms with E-state index < -0.39 is 15.6 Å². The Bertz CT molecular complexity index is 888. The van der Waals surface area contributed by atoms with E-state index in [0.29, 0.717) is 17.9 Å². The standard InChI is InChI=1S/C17H21ClN4O3S/c1-20(2)16(23)17(21-11-8-19-13-21)6-9-22(10-7-17)26(24,25)15-5-3-4-14(18)12-15/h3-5,8,11-13H,6-7,9-10H2,1-2H3. The normalized spacial score (nSPS) is 17.8. The molecular formula is C17H21ClN4O3S. The number of amides is 1. The summed E-state index contributed by atoms with van der Waals surface area (Å²) in [7, 11) is -0.241. The van der Waals surface area contributed by atoms with Crippen molar-refractivity contribution in [3.05, 3.63) is 48.0 Å². The van der Waals surface area contributed by atoms with Gasteiger partial charge in [0.25, 0.3) is 0 Å². The van der Waals surface area contributed by atoms with Crippen LogP contribution in [-0.4, -0.2) is 60.3 Å². The molecule has 0 unspecified atom stereocenters. The first-order chi connectivity index (χ1) is 12.3. The van der Waals surface area contributed by atoms with Gasteiger partial charge in [-0.1, -0.05) is 17.7 Å². The number of nitrogens with zero attached hydrogens (tertiary/aromatic N) is 4. The third-order valence-electron chi connectivity index (χ3n) is 4.79. The van der Waals surface area contributed by atoms with Crippen LogP contribution in [0.15, 0.2) is 47.9 Å². The maximum atomic E-state index is 12.9. The van der Waals surface area contributed by atoms with E-state index in [9.17, 15) is 13.2 Å².